The van der Waals surface area contributed by atoms with Gasteiger partial charge in [-0.1, -0.05) is 12.1 Å². The maximum Gasteiger partial charge on any atom is 0.495 e. The molecule has 2 aliphatic heterocycles. The van der Waals surface area contributed by atoms with Crippen molar-refractivity contribution in [2.75, 3.05) is 19.7 Å². The van der Waals surface area contributed by atoms with Crippen molar-refractivity contribution >= 4 is 23.7 Å². The summed E-state index contributed by atoms with van der Waals surface area (Å²) >= 11 is 0. The number of fused-ring (bicyclic) bond motifs is 1. The number of aliphatic hydroxyl groups is 1. The molecular weight excluding hydrogens is 472 g/mol. The number of aromatic nitrogens is 1. The SMILES string of the molecule is Cc1c(B2OC(C)(C)C(C)(C)O2)cccc1-c1nc2cc(CN3CCC(F)(CO)CC3)cc(C#N)c2o1. The monoisotopic (exact) mass is 505 g/mol. The molecule has 9 heteroatoms. The number of oxazole rings is 1. The second-order valence-electron chi connectivity index (χ2n) is 11.3. The van der Waals surface area contributed by atoms with Gasteiger partial charge in [-0.25, -0.2) is 9.37 Å². The molecule has 2 saturated heterocycles. The van der Waals surface area contributed by atoms with Crippen molar-refractivity contribution in [2.45, 2.75) is 70.9 Å². The molecule has 3 aromatic rings. The predicted molar refractivity (Wildman–Crippen MR) is 140 cm³/mol. The average Bonchev–Trinajstić information content (AvgIpc) is 3.37. The van der Waals surface area contributed by atoms with Gasteiger partial charge >= 0.3 is 7.12 Å². The van der Waals surface area contributed by atoms with Gasteiger partial charge in [-0.2, -0.15) is 5.26 Å². The summed E-state index contributed by atoms with van der Waals surface area (Å²) in [5, 5.41) is 19.1. The molecule has 1 aromatic heterocycles. The summed E-state index contributed by atoms with van der Waals surface area (Å²) in [6.07, 6.45) is 0.590. The summed E-state index contributed by atoms with van der Waals surface area (Å²) in [6.45, 7) is 11.3. The summed E-state index contributed by atoms with van der Waals surface area (Å²) in [5.74, 6) is 0.433. The van der Waals surface area contributed by atoms with E-state index < -0.39 is 30.6 Å². The number of piperidine rings is 1. The Morgan fingerprint density at radius 3 is 2.43 bits per heavy atom. The van der Waals surface area contributed by atoms with Crippen molar-refractivity contribution in [3.63, 3.8) is 0 Å². The molecule has 0 bridgehead atoms. The van der Waals surface area contributed by atoms with E-state index in [9.17, 15) is 14.8 Å². The molecule has 2 aromatic carbocycles. The molecule has 0 aliphatic carbocycles. The quantitative estimate of drug-likeness (QED) is 0.518. The minimum atomic E-state index is -1.49. The molecule has 0 radical (unpaired) electrons. The van der Waals surface area contributed by atoms with E-state index in [-0.39, 0.29) is 0 Å². The smallest absolute Gasteiger partial charge is 0.435 e. The third kappa shape index (κ3) is 4.68. The first kappa shape index (κ1) is 25.9. The van der Waals surface area contributed by atoms with Crippen molar-refractivity contribution in [3.05, 3.63) is 47.0 Å². The Labute approximate surface area is 217 Å². The van der Waals surface area contributed by atoms with Crippen LogP contribution in [0.2, 0.25) is 0 Å². The Balaban J connectivity index is 1.44. The fourth-order valence-corrected chi connectivity index (χ4v) is 5.02. The summed E-state index contributed by atoms with van der Waals surface area (Å²) in [5.41, 5.74) is 2.66. The van der Waals surface area contributed by atoms with Gasteiger partial charge in [-0.15, -0.1) is 0 Å². The number of hydrogen-bond donors (Lipinski definition) is 1. The van der Waals surface area contributed by atoms with Crippen molar-refractivity contribution < 1.29 is 23.2 Å². The minimum absolute atomic E-state index is 0.295. The van der Waals surface area contributed by atoms with Crippen LogP contribution in [0, 0.1) is 18.3 Å². The Kier molecular flexibility index (Phi) is 6.44. The molecule has 1 N–H and O–H groups in total. The summed E-state index contributed by atoms with van der Waals surface area (Å²) in [6, 6.07) is 11.8. The second-order valence-corrected chi connectivity index (χ2v) is 11.3. The normalized spacial score (nSPS) is 20.9. The molecule has 0 unspecified atom stereocenters. The highest BCUT2D eigenvalue weighted by molar-refractivity contribution is 6.62. The van der Waals surface area contributed by atoms with Gasteiger partial charge in [-0.05, 0) is 82.2 Å². The zero-order valence-electron chi connectivity index (χ0n) is 22.1. The van der Waals surface area contributed by atoms with Gasteiger partial charge in [0.1, 0.15) is 17.3 Å². The van der Waals surface area contributed by atoms with Crippen molar-refractivity contribution in [3.8, 4) is 17.5 Å². The standard InChI is InChI=1S/C28H33BFN3O4/c1-18-21(7-6-8-22(18)29-36-26(2,3)27(4,5)37-29)25-32-23-14-19(13-20(15-31)24(23)35-25)16-33-11-9-28(30,17-34)10-12-33/h6-8,13-14,34H,9-12,16-17H2,1-5H3. The van der Waals surface area contributed by atoms with Crippen LogP contribution < -0.4 is 5.46 Å². The number of nitrogens with zero attached hydrogens (tertiary/aromatic N) is 3. The highest BCUT2D eigenvalue weighted by Crippen LogP contribution is 2.37. The third-order valence-electron chi connectivity index (χ3n) is 8.23. The van der Waals surface area contributed by atoms with Crippen LogP contribution in [0.4, 0.5) is 4.39 Å². The van der Waals surface area contributed by atoms with Crippen LogP contribution in [0.5, 0.6) is 0 Å². The summed E-state index contributed by atoms with van der Waals surface area (Å²) in [4.78, 5) is 6.89. The molecular formula is C28H33BFN3O4. The number of hydrogen-bond acceptors (Lipinski definition) is 7. The maximum atomic E-state index is 14.4. The zero-order valence-corrected chi connectivity index (χ0v) is 22.1. The number of aliphatic hydroxyl groups excluding tert-OH is 1. The van der Waals surface area contributed by atoms with Crippen LogP contribution in [0.15, 0.2) is 34.7 Å². The highest BCUT2D eigenvalue weighted by atomic mass is 19.1. The molecule has 0 atom stereocenters. The van der Waals surface area contributed by atoms with Crippen LogP contribution in [-0.4, -0.2) is 58.7 Å². The van der Waals surface area contributed by atoms with Crippen LogP contribution in [0.1, 0.15) is 57.2 Å². The molecule has 7 nitrogen and oxygen atoms in total. The number of rotatable bonds is 5. The van der Waals surface area contributed by atoms with Crippen LogP contribution in [0.3, 0.4) is 0 Å². The number of likely N-dealkylation sites (tertiary alicyclic amines) is 1. The van der Waals surface area contributed by atoms with Crippen LogP contribution in [0.25, 0.3) is 22.6 Å². The summed E-state index contributed by atoms with van der Waals surface area (Å²) < 4.78 is 33.1. The Hall–Kier alpha value is -2.77. The lowest BCUT2D eigenvalue weighted by molar-refractivity contribution is 0.00578. The van der Waals surface area contributed by atoms with E-state index in [0.29, 0.717) is 55.0 Å². The van der Waals surface area contributed by atoms with Crippen LogP contribution >= 0.6 is 0 Å². The third-order valence-corrected chi connectivity index (χ3v) is 8.23. The first-order valence-electron chi connectivity index (χ1n) is 12.8. The fourth-order valence-electron chi connectivity index (χ4n) is 5.02. The van der Waals surface area contributed by atoms with Gasteiger partial charge < -0.3 is 18.8 Å². The van der Waals surface area contributed by atoms with Crippen molar-refractivity contribution in [2.24, 2.45) is 0 Å². The van der Waals surface area contributed by atoms with E-state index in [1.807, 2.05) is 65.0 Å². The molecule has 0 saturated carbocycles. The van der Waals surface area contributed by atoms with Crippen molar-refractivity contribution in [1.29, 1.82) is 5.26 Å². The first-order chi connectivity index (χ1) is 17.4. The molecule has 3 heterocycles. The lowest BCUT2D eigenvalue weighted by Gasteiger charge is -2.35. The second kappa shape index (κ2) is 9.21. The molecule has 0 spiro atoms. The lowest BCUT2D eigenvalue weighted by atomic mass is 9.75. The minimum Gasteiger partial charge on any atom is -0.435 e. The molecule has 0 amide bonds. The van der Waals surface area contributed by atoms with E-state index in [1.165, 1.54) is 0 Å². The van der Waals surface area contributed by atoms with Gasteiger partial charge in [0, 0.05) is 25.2 Å². The number of alkyl halides is 1. The van der Waals surface area contributed by atoms with E-state index in [1.54, 1.807) is 0 Å². The van der Waals surface area contributed by atoms with E-state index >= 15 is 0 Å². The van der Waals surface area contributed by atoms with E-state index in [2.05, 4.69) is 11.0 Å². The van der Waals surface area contributed by atoms with E-state index in [0.717, 1.165) is 22.2 Å². The lowest BCUT2D eigenvalue weighted by Crippen LogP contribution is -2.43. The predicted octanol–water partition coefficient (Wildman–Crippen LogP) is 4.27. The Morgan fingerprint density at radius 1 is 1.14 bits per heavy atom. The van der Waals surface area contributed by atoms with Gasteiger partial charge in [0.2, 0.25) is 5.89 Å². The molecule has 37 heavy (non-hydrogen) atoms. The molecule has 2 fully saturated rings. The summed E-state index contributed by atoms with van der Waals surface area (Å²) in [7, 11) is -0.506. The van der Waals surface area contributed by atoms with Gasteiger partial charge in [0.05, 0.1) is 23.4 Å². The van der Waals surface area contributed by atoms with Gasteiger partial charge in [0.25, 0.3) is 0 Å². The van der Waals surface area contributed by atoms with E-state index in [4.69, 9.17) is 18.7 Å². The topological polar surface area (TPSA) is 91.8 Å². The largest absolute Gasteiger partial charge is 0.495 e. The first-order valence-corrected chi connectivity index (χ1v) is 12.8. The average molecular weight is 505 g/mol. The maximum absolute atomic E-state index is 14.4. The number of nitriles is 1. The van der Waals surface area contributed by atoms with Crippen molar-refractivity contribution in [1.82, 2.24) is 9.88 Å². The molecule has 5 rings (SSSR count). The Bertz CT molecular complexity index is 1360. The number of benzene rings is 2. The van der Waals surface area contributed by atoms with Gasteiger partial charge in [-0.3, -0.25) is 4.90 Å². The zero-order chi connectivity index (χ0) is 26.6. The Morgan fingerprint density at radius 2 is 1.81 bits per heavy atom. The van der Waals surface area contributed by atoms with Crippen LogP contribution in [-0.2, 0) is 15.9 Å². The number of halogens is 1. The molecule has 194 valence electrons. The highest BCUT2D eigenvalue weighted by Gasteiger charge is 2.52. The molecule has 2 aliphatic rings. The fraction of sp³-hybridized carbons (Fsp3) is 0.500. The van der Waals surface area contributed by atoms with Gasteiger partial charge in [0.15, 0.2) is 5.58 Å².